The Morgan fingerprint density at radius 3 is 2.55 bits per heavy atom. The van der Waals surface area contributed by atoms with Crippen molar-refractivity contribution in [3.63, 3.8) is 0 Å². The average molecular weight is 338 g/mol. The highest BCUT2D eigenvalue weighted by atomic mass is 32.1. The molecule has 1 aliphatic rings. The Bertz CT molecular complexity index is 750. The summed E-state index contributed by atoms with van der Waals surface area (Å²) in [4.78, 5) is 29.1. The first-order valence-corrected chi connectivity index (χ1v) is 8.50. The van der Waals surface area contributed by atoms with Gasteiger partial charge in [0, 0.05) is 6.54 Å². The summed E-state index contributed by atoms with van der Waals surface area (Å²) < 4.78 is 0. The van der Waals surface area contributed by atoms with E-state index in [0.29, 0.717) is 16.6 Å². The molecule has 0 amide bonds. The van der Waals surface area contributed by atoms with Crippen molar-refractivity contribution < 1.29 is 19.8 Å². The van der Waals surface area contributed by atoms with Crippen LogP contribution >= 0.6 is 22.7 Å². The maximum atomic E-state index is 11.4. The van der Waals surface area contributed by atoms with Crippen molar-refractivity contribution in [2.75, 3.05) is 11.4 Å². The van der Waals surface area contributed by atoms with Crippen LogP contribution in [0.4, 0.5) is 10.1 Å². The number of nitrogens with zero attached hydrogens (tertiary/aromatic N) is 2. The Balaban J connectivity index is 2.05. The van der Waals surface area contributed by atoms with Gasteiger partial charge in [0.2, 0.25) is 0 Å². The fourth-order valence-electron chi connectivity index (χ4n) is 2.70. The summed E-state index contributed by atoms with van der Waals surface area (Å²) >= 11 is 2.37. The molecule has 8 heteroatoms. The Labute approximate surface area is 134 Å². The van der Waals surface area contributed by atoms with Crippen LogP contribution in [-0.2, 0) is 12.8 Å². The van der Waals surface area contributed by atoms with Crippen LogP contribution in [0.1, 0.15) is 43.8 Å². The summed E-state index contributed by atoms with van der Waals surface area (Å²) in [5.41, 5.74) is 2.01. The third-order valence-corrected chi connectivity index (χ3v) is 5.93. The molecule has 6 nitrogen and oxygen atoms in total. The Hall–Kier alpha value is -1.93. The molecule has 0 spiro atoms. The lowest BCUT2D eigenvalue weighted by molar-refractivity contribution is 0.0690. The smallest absolute Gasteiger partial charge is 0.347 e. The molecule has 2 N–H and O–H groups in total. The second-order valence-electron chi connectivity index (χ2n) is 4.91. The first-order chi connectivity index (χ1) is 10.5. The van der Waals surface area contributed by atoms with Gasteiger partial charge in [0.25, 0.3) is 0 Å². The molecular formula is C14H14N2O4S2. The summed E-state index contributed by atoms with van der Waals surface area (Å²) in [6.45, 7) is 2.56. The van der Waals surface area contributed by atoms with Crippen molar-refractivity contribution >= 4 is 44.7 Å². The number of carbonyl (C=O) groups is 2. The fourth-order valence-corrected chi connectivity index (χ4v) is 4.88. The predicted molar refractivity (Wildman–Crippen MR) is 85.1 cm³/mol. The van der Waals surface area contributed by atoms with Crippen molar-refractivity contribution in [3.8, 4) is 0 Å². The molecule has 2 aromatic rings. The molecule has 0 radical (unpaired) electrons. The lowest BCUT2D eigenvalue weighted by Crippen LogP contribution is -2.15. The summed E-state index contributed by atoms with van der Waals surface area (Å²) in [6, 6.07) is 0. The summed E-state index contributed by atoms with van der Waals surface area (Å²) in [5, 5.41) is 19.9. The predicted octanol–water partition coefficient (Wildman–Crippen LogP) is 3.25. The molecule has 0 atom stereocenters. The van der Waals surface area contributed by atoms with Gasteiger partial charge in [0.1, 0.15) is 14.8 Å². The van der Waals surface area contributed by atoms with Gasteiger partial charge in [-0.3, -0.25) is 0 Å². The van der Waals surface area contributed by atoms with Crippen molar-refractivity contribution in [3.05, 3.63) is 27.1 Å². The van der Waals surface area contributed by atoms with E-state index in [9.17, 15) is 14.7 Å². The first-order valence-electron chi connectivity index (χ1n) is 6.87. The molecule has 0 unspecified atom stereocenters. The van der Waals surface area contributed by atoms with Crippen molar-refractivity contribution in [1.82, 2.24) is 4.98 Å². The largest absolute Gasteiger partial charge is 0.477 e. The van der Waals surface area contributed by atoms with Gasteiger partial charge in [-0.25, -0.2) is 14.6 Å². The number of hydrogen-bond acceptors (Lipinski definition) is 6. The third-order valence-electron chi connectivity index (χ3n) is 3.64. The number of thiazole rings is 1. The monoisotopic (exact) mass is 338 g/mol. The highest BCUT2D eigenvalue weighted by Crippen LogP contribution is 2.44. The van der Waals surface area contributed by atoms with Crippen molar-refractivity contribution in [2.24, 2.45) is 0 Å². The lowest BCUT2D eigenvalue weighted by Gasteiger charge is -2.19. The van der Waals surface area contributed by atoms with Crippen LogP contribution in [0, 0.1) is 0 Å². The van der Waals surface area contributed by atoms with Crippen LogP contribution in [0.5, 0.6) is 0 Å². The number of carboxylic acid groups (broad SMARTS) is 2. The van der Waals surface area contributed by atoms with Gasteiger partial charge in [-0.05, 0) is 37.3 Å². The molecule has 1 aliphatic carbocycles. The van der Waals surface area contributed by atoms with E-state index >= 15 is 0 Å². The number of aromatic nitrogens is 1. The molecule has 3 rings (SSSR count). The van der Waals surface area contributed by atoms with Crippen LogP contribution in [0.3, 0.4) is 0 Å². The van der Waals surface area contributed by atoms with Crippen LogP contribution in [0.2, 0.25) is 0 Å². The minimum atomic E-state index is -0.998. The van der Waals surface area contributed by atoms with Crippen molar-refractivity contribution in [1.29, 1.82) is 0 Å². The number of anilines is 2. The third kappa shape index (κ3) is 2.38. The Kier molecular flexibility index (Phi) is 3.88. The van der Waals surface area contributed by atoms with E-state index < -0.39 is 11.9 Å². The quantitative estimate of drug-likeness (QED) is 0.869. The molecule has 0 aromatic carbocycles. The van der Waals surface area contributed by atoms with E-state index in [0.717, 1.165) is 46.7 Å². The van der Waals surface area contributed by atoms with Gasteiger partial charge in [-0.1, -0.05) is 11.3 Å². The van der Waals surface area contributed by atoms with Crippen LogP contribution < -0.4 is 4.90 Å². The van der Waals surface area contributed by atoms with E-state index in [1.54, 1.807) is 0 Å². The fraction of sp³-hybridized carbons (Fsp3) is 0.357. The summed E-state index contributed by atoms with van der Waals surface area (Å²) in [7, 11) is 0. The zero-order valence-electron chi connectivity index (χ0n) is 11.8. The minimum Gasteiger partial charge on any atom is -0.477 e. The zero-order chi connectivity index (χ0) is 15.9. The summed E-state index contributed by atoms with van der Waals surface area (Å²) in [5.74, 6) is -1.89. The number of hydrogen-bond donors (Lipinski definition) is 2. The normalized spacial score (nSPS) is 13.1. The van der Waals surface area contributed by atoms with Gasteiger partial charge in [0.15, 0.2) is 5.13 Å². The SMILES string of the molecule is CCN(c1ncc(C(=O)O)s1)c1sc(C(=O)O)c2c1CCC2. The Morgan fingerprint density at radius 1 is 1.23 bits per heavy atom. The van der Waals surface area contributed by atoms with Crippen LogP contribution in [0.25, 0.3) is 0 Å². The number of fused-ring (bicyclic) bond motifs is 1. The van der Waals surface area contributed by atoms with Gasteiger partial charge in [0.05, 0.1) is 6.20 Å². The van der Waals surface area contributed by atoms with Crippen molar-refractivity contribution in [2.45, 2.75) is 26.2 Å². The van der Waals surface area contributed by atoms with Gasteiger partial charge in [-0.2, -0.15) is 0 Å². The molecule has 0 aliphatic heterocycles. The second-order valence-corrected chi connectivity index (χ2v) is 6.92. The molecule has 116 valence electrons. The molecule has 0 saturated heterocycles. The maximum absolute atomic E-state index is 11.4. The van der Waals surface area contributed by atoms with E-state index in [4.69, 9.17) is 5.11 Å². The average Bonchev–Trinajstić information content (AvgIpc) is 3.15. The van der Waals surface area contributed by atoms with Gasteiger partial charge >= 0.3 is 11.9 Å². The highest BCUT2D eigenvalue weighted by molar-refractivity contribution is 7.20. The van der Waals surface area contributed by atoms with E-state index in [-0.39, 0.29) is 4.88 Å². The number of thiophene rings is 1. The van der Waals surface area contributed by atoms with Gasteiger partial charge in [-0.15, -0.1) is 11.3 Å². The topological polar surface area (TPSA) is 90.7 Å². The second kappa shape index (κ2) is 5.69. The standard InChI is InChI=1S/C14H14N2O4S2/c1-2-16(14-15-6-9(21-14)12(17)18)11-8-5-3-4-7(8)10(22-11)13(19)20/h6H,2-5H2,1H3,(H,17,18)(H,19,20). The minimum absolute atomic E-state index is 0.181. The number of carboxylic acids is 2. The van der Waals surface area contributed by atoms with Crippen LogP contribution in [-0.4, -0.2) is 33.7 Å². The lowest BCUT2D eigenvalue weighted by atomic mass is 10.2. The number of aromatic carboxylic acids is 2. The Morgan fingerprint density at radius 2 is 1.95 bits per heavy atom. The summed E-state index contributed by atoms with van der Waals surface area (Å²) in [6.07, 6.45) is 3.96. The molecule has 0 bridgehead atoms. The molecule has 2 heterocycles. The molecule has 0 fully saturated rings. The van der Waals surface area contributed by atoms with E-state index in [1.807, 2.05) is 11.8 Å². The molecular weight excluding hydrogens is 324 g/mol. The molecule has 0 saturated carbocycles. The number of rotatable bonds is 5. The molecule has 2 aromatic heterocycles. The zero-order valence-corrected chi connectivity index (χ0v) is 13.5. The first kappa shape index (κ1) is 15.0. The maximum Gasteiger partial charge on any atom is 0.347 e. The van der Waals surface area contributed by atoms with Crippen LogP contribution in [0.15, 0.2) is 6.20 Å². The van der Waals surface area contributed by atoms with E-state index in [2.05, 4.69) is 4.98 Å². The van der Waals surface area contributed by atoms with E-state index in [1.165, 1.54) is 17.5 Å². The highest BCUT2D eigenvalue weighted by Gasteiger charge is 2.29. The van der Waals surface area contributed by atoms with Gasteiger partial charge < -0.3 is 15.1 Å². The molecule has 22 heavy (non-hydrogen) atoms.